The van der Waals surface area contributed by atoms with Crippen LogP contribution in [0.15, 0.2) is 30.3 Å². The smallest absolute Gasteiger partial charge is 0.158 e. The molecule has 0 amide bonds. The van der Waals surface area contributed by atoms with E-state index >= 15 is 0 Å². The summed E-state index contributed by atoms with van der Waals surface area (Å²) in [5, 5.41) is 0. The molecule has 3 aromatic rings. The third-order valence-electron chi connectivity index (χ3n) is 5.19. The Hall–Kier alpha value is -2.12. The molecule has 3 aromatic heterocycles. The number of aromatic nitrogens is 5. The van der Waals surface area contributed by atoms with E-state index in [1.165, 1.54) is 23.4 Å². The Morgan fingerprint density at radius 2 is 2.00 bits per heavy atom. The standard InChI is InChI=1S/C19H24N6S/c1-14-18(26-13-23-14)11-25-6-3-15(4-7-25)9-16-10-17(22-12-21-16)19-20-5-8-24(19)2/h5,8,10,12-13,15H,3-4,6-7,9,11H2,1-2H3. The maximum Gasteiger partial charge on any atom is 0.158 e. The van der Waals surface area contributed by atoms with Crippen LogP contribution in [0.2, 0.25) is 0 Å². The van der Waals surface area contributed by atoms with Crippen LogP contribution in [-0.2, 0) is 20.0 Å². The minimum Gasteiger partial charge on any atom is -0.333 e. The quantitative estimate of drug-likeness (QED) is 0.693. The Balaban J connectivity index is 1.35. The van der Waals surface area contributed by atoms with Crippen molar-refractivity contribution < 1.29 is 0 Å². The molecular weight excluding hydrogens is 344 g/mol. The molecule has 136 valence electrons. The Kier molecular flexibility index (Phi) is 5.08. The van der Waals surface area contributed by atoms with Gasteiger partial charge in [0.2, 0.25) is 0 Å². The highest BCUT2D eigenvalue weighted by atomic mass is 32.1. The molecule has 4 heterocycles. The van der Waals surface area contributed by atoms with E-state index in [-0.39, 0.29) is 0 Å². The Morgan fingerprint density at radius 3 is 2.69 bits per heavy atom. The predicted octanol–water partition coefficient (Wildman–Crippen LogP) is 3.10. The zero-order chi connectivity index (χ0) is 17.9. The minimum atomic E-state index is 0.693. The lowest BCUT2D eigenvalue weighted by atomic mass is 9.92. The van der Waals surface area contributed by atoms with Crippen molar-refractivity contribution in [3.05, 3.63) is 46.6 Å². The summed E-state index contributed by atoms with van der Waals surface area (Å²) in [6.45, 7) is 5.45. The second kappa shape index (κ2) is 7.63. The van der Waals surface area contributed by atoms with Crippen molar-refractivity contribution in [3.63, 3.8) is 0 Å². The largest absolute Gasteiger partial charge is 0.333 e. The van der Waals surface area contributed by atoms with Crippen LogP contribution in [0.4, 0.5) is 0 Å². The lowest BCUT2D eigenvalue weighted by molar-refractivity contribution is 0.177. The highest BCUT2D eigenvalue weighted by molar-refractivity contribution is 7.09. The third kappa shape index (κ3) is 3.83. The molecule has 7 heteroatoms. The summed E-state index contributed by atoms with van der Waals surface area (Å²) in [7, 11) is 1.99. The summed E-state index contributed by atoms with van der Waals surface area (Å²) in [4.78, 5) is 21.6. The number of aryl methyl sites for hydroxylation is 2. The van der Waals surface area contributed by atoms with Gasteiger partial charge in [0.1, 0.15) is 12.0 Å². The molecule has 0 saturated carbocycles. The van der Waals surface area contributed by atoms with Crippen LogP contribution in [0.5, 0.6) is 0 Å². The fourth-order valence-corrected chi connectivity index (χ4v) is 4.39. The molecule has 0 spiro atoms. The molecule has 0 aromatic carbocycles. The van der Waals surface area contributed by atoms with Gasteiger partial charge in [-0.25, -0.2) is 19.9 Å². The first-order valence-electron chi connectivity index (χ1n) is 9.09. The number of hydrogen-bond acceptors (Lipinski definition) is 6. The van der Waals surface area contributed by atoms with Gasteiger partial charge in [0, 0.05) is 36.6 Å². The predicted molar refractivity (Wildman–Crippen MR) is 103 cm³/mol. The molecule has 6 nitrogen and oxygen atoms in total. The van der Waals surface area contributed by atoms with Crippen LogP contribution in [0, 0.1) is 12.8 Å². The van der Waals surface area contributed by atoms with Crippen LogP contribution in [0.3, 0.4) is 0 Å². The van der Waals surface area contributed by atoms with E-state index in [0.717, 1.165) is 43.3 Å². The van der Waals surface area contributed by atoms with Gasteiger partial charge in [0.25, 0.3) is 0 Å². The van der Waals surface area contributed by atoms with Gasteiger partial charge < -0.3 is 4.57 Å². The molecule has 0 aliphatic carbocycles. The maximum atomic E-state index is 4.50. The number of thiazole rings is 1. The molecule has 0 radical (unpaired) electrons. The second-order valence-corrected chi connectivity index (χ2v) is 7.98. The number of likely N-dealkylation sites (tertiary alicyclic amines) is 1. The van der Waals surface area contributed by atoms with E-state index in [0.29, 0.717) is 5.92 Å². The van der Waals surface area contributed by atoms with Crippen molar-refractivity contribution in [3.8, 4) is 11.5 Å². The lowest BCUT2D eigenvalue weighted by Crippen LogP contribution is -2.33. The zero-order valence-corrected chi connectivity index (χ0v) is 16.1. The molecule has 1 aliphatic heterocycles. The van der Waals surface area contributed by atoms with Crippen LogP contribution in [0.1, 0.15) is 29.1 Å². The maximum absolute atomic E-state index is 4.50. The summed E-state index contributed by atoms with van der Waals surface area (Å²) >= 11 is 1.77. The summed E-state index contributed by atoms with van der Waals surface area (Å²) in [5.74, 6) is 1.58. The van der Waals surface area contributed by atoms with Crippen LogP contribution in [-0.4, -0.2) is 42.5 Å². The van der Waals surface area contributed by atoms with Crippen molar-refractivity contribution in [2.24, 2.45) is 13.0 Å². The van der Waals surface area contributed by atoms with Crippen molar-refractivity contribution in [2.45, 2.75) is 32.7 Å². The average molecular weight is 369 g/mol. The Labute approximate surface area is 158 Å². The molecule has 1 aliphatic rings. The first-order valence-corrected chi connectivity index (χ1v) is 9.97. The lowest BCUT2D eigenvalue weighted by Gasteiger charge is -2.31. The van der Waals surface area contributed by atoms with Gasteiger partial charge >= 0.3 is 0 Å². The summed E-state index contributed by atoms with van der Waals surface area (Å²) < 4.78 is 1.99. The van der Waals surface area contributed by atoms with Crippen LogP contribution >= 0.6 is 11.3 Å². The van der Waals surface area contributed by atoms with E-state index in [2.05, 4.69) is 37.8 Å². The van der Waals surface area contributed by atoms with Gasteiger partial charge in [-0.2, -0.15) is 0 Å². The minimum absolute atomic E-state index is 0.693. The van der Waals surface area contributed by atoms with E-state index in [4.69, 9.17) is 0 Å². The average Bonchev–Trinajstić information content (AvgIpc) is 3.25. The van der Waals surface area contributed by atoms with Crippen molar-refractivity contribution in [1.82, 2.24) is 29.4 Å². The second-order valence-electron chi connectivity index (χ2n) is 7.04. The van der Waals surface area contributed by atoms with E-state index in [1.807, 2.05) is 23.3 Å². The summed E-state index contributed by atoms with van der Waals surface area (Å²) in [5.41, 5.74) is 5.15. The highest BCUT2D eigenvalue weighted by Crippen LogP contribution is 2.24. The third-order valence-corrected chi connectivity index (χ3v) is 6.11. The molecule has 1 saturated heterocycles. The van der Waals surface area contributed by atoms with Crippen molar-refractivity contribution in [2.75, 3.05) is 13.1 Å². The molecule has 0 N–H and O–H groups in total. The number of imidazole rings is 1. The summed E-state index contributed by atoms with van der Waals surface area (Å²) in [6, 6.07) is 2.09. The SMILES string of the molecule is Cc1ncsc1CN1CCC(Cc2cc(-c3nccn3C)ncn2)CC1. The highest BCUT2D eigenvalue weighted by Gasteiger charge is 2.21. The van der Waals surface area contributed by atoms with Gasteiger partial charge in [0.15, 0.2) is 5.82 Å². The number of rotatable bonds is 5. The van der Waals surface area contributed by atoms with Gasteiger partial charge in [-0.1, -0.05) is 0 Å². The van der Waals surface area contributed by atoms with Crippen molar-refractivity contribution in [1.29, 1.82) is 0 Å². The first-order chi connectivity index (χ1) is 12.7. The topological polar surface area (TPSA) is 59.7 Å². The summed E-state index contributed by atoms with van der Waals surface area (Å²) in [6.07, 6.45) is 8.88. The first kappa shape index (κ1) is 17.3. The Bertz CT molecular complexity index is 862. The molecular formula is C19H24N6S. The van der Waals surface area contributed by atoms with E-state index in [9.17, 15) is 0 Å². The molecule has 0 bridgehead atoms. The molecule has 0 atom stereocenters. The number of piperidine rings is 1. The fourth-order valence-electron chi connectivity index (χ4n) is 3.57. The van der Waals surface area contributed by atoms with E-state index in [1.54, 1.807) is 23.9 Å². The van der Waals surface area contributed by atoms with Gasteiger partial charge in [-0.15, -0.1) is 11.3 Å². The number of nitrogens with zero attached hydrogens (tertiary/aromatic N) is 6. The monoisotopic (exact) mass is 368 g/mol. The van der Waals surface area contributed by atoms with Crippen LogP contribution < -0.4 is 0 Å². The van der Waals surface area contributed by atoms with E-state index < -0.39 is 0 Å². The van der Waals surface area contributed by atoms with Gasteiger partial charge in [0.05, 0.1) is 11.2 Å². The normalized spacial score (nSPS) is 16.2. The molecule has 0 unspecified atom stereocenters. The molecule has 1 fully saturated rings. The molecule has 4 rings (SSSR count). The van der Waals surface area contributed by atoms with Gasteiger partial charge in [-0.05, 0) is 51.3 Å². The fraction of sp³-hybridized carbons (Fsp3) is 0.474. The van der Waals surface area contributed by atoms with Gasteiger partial charge in [-0.3, -0.25) is 4.90 Å². The van der Waals surface area contributed by atoms with Crippen LogP contribution in [0.25, 0.3) is 11.5 Å². The number of hydrogen-bond donors (Lipinski definition) is 0. The Morgan fingerprint density at radius 1 is 1.15 bits per heavy atom. The zero-order valence-electron chi connectivity index (χ0n) is 15.3. The van der Waals surface area contributed by atoms with Crippen molar-refractivity contribution >= 4 is 11.3 Å². The molecule has 26 heavy (non-hydrogen) atoms.